The van der Waals surface area contributed by atoms with Crippen LogP contribution in [0.5, 0.6) is 0 Å². The Hall–Kier alpha value is -15.4. The Morgan fingerprint density at radius 1 is 0.255 bits per heavy atom. The number of aliphatic hydroxyl groups excluding tert-OH is 4. The number of ketones is 4. The van der Waals surface area contributed by atoms with Gasteiger partial charge in [-0.1, -0.05) is 300 Å². The van der Waals surface area contributed by atoms with Gasteiger partial charge in [-0.15, -0.1) is 177 Å². The summed E-state index contributed by atoms with van der Waals surface area (Å²) in [7, 11) is 0. The van der Waals surface area contributed by atoms with Crippen molar-refractivity contribution in [1.29, 1.82) is 0 Å². The van der Waals surface area contributed by atoms with Crippen LogP contribution in [0.1, 0.15) is 61.0 Å². The monoisotopic (exact) mass is 2840 g/mol. The molecule has 0 fully saturated rings. The predicted octanol–water partition coefficient (Wildman–Crippen LogP) is 32.1. The molecule has 0 amide bonds. The molecule has 20 heteroatoms. The second kappa shape index (κ2) is 56.5. The van der Waals surface area contributed by atoms with Crippen molar-refractivity contribution in [1.82, 2.24) is 29.9 Å². The predicted molar refractivity (Wildman–Crippen MR) is 590 cm³/mol. The van der Waals surface area contributed by atoms with Gasteiger partial charge < -0.3 is 24.8 Å². The summed E-state index contributed by atoms with van der Waals surface area (Å²) < 4.78 is 5.61. The quantitative estimate of drug-likeness (QED) is 0.0345. The minimum atomic E-state index is -0.125. The van der Waals surface area contributed by atoms with Gasteiger partial charge >= 0.3 is 0 Å². The molecule has 0 aliphatic heterocycles. The van der Waals surface area contributed by atoms with E-state index in [9.17, 15) is 19.2 Å². The number of para-hydroxylation sites is 7. The van der Waals surface area contributed by atoms with Crippen LogP contribution in [-0.2, 0) is 120 Å². The Labute approximate surface area is 932 Å². The minimum absolute atomic E-state index is 0. The fraction of sp³-hybridized carbons (Fsp3) is 0.0698. The van der Waals surface area contributed by atoms with Gasteiger partial charge in [-0.3, -0.25) is 49.1 Å². The van der Waals surface area contributed by atoms with E-state index in [0.29, 0.717) is 5.89 Å². The Kier molecular flexibility index (Phi) is 43.9. The second-order valence-corrected chi connectivity index (χ2v) is 33.9. The van der Waals surface area contributed by atoms with Crippen molar-refractivity contribution in [3.63, 3.8) is 0 Å². The largest absolute Gasteiger partial charge is 0.512 e. The SMILES string of the molecule is CC(=O)C=C(C)O.CC(=O)C=C(C)O.CC(=O)C=C(C)O.CC(=O)C=C(C)O.Cc1c[c-]c(-c2ccc3ccccc3n2)cc1.[Ir].[Ir].[Ir].[Ir].[Ir].[c-]1cc2ccc3cccc4ccc(c1-c1ccc5ccccc5n1)c2c34.[c-]1ccc2ccccc2c1-c1ccc2ccccc2n1.[c-]1ccc2ccccc2c1-c1ccc2ccccc2n1.[c-]1cccc2ccc3cc4ccccc4nc3c12.[c-]1ccccc1-c1nc2ccccc2o1. The molecule has 5 radical (unpaired) electrons. The normalized spacial score (nSPS) is 10.8. The van der Waals surface area contributed by atoms with Crippen LogP contribution >= 0.6 is 0 Å². The van der Waals surface area contributed by atoms with E-state index in [4.69, 9.17) is 44.8 Å². The van der Waals surface area contributed by atoms with Gasteiger partial charge in [-0.2, -0.15) is 0 Å². The average Bonchev–Trinajstić information content (AvgIpc) is 0.949. The molecule has 0 saturated carbocycles. The molecule has 0 atom stereocenters. The first-order chi connectivity index (χ1) is 69.9. The summed E-state index contributed by atoms with van der Waals surface area (Å²) >= 11 is 0. The van der Waals surface area contributed by atoms with E-state index in [-0.39, 0.29) is 147 Å². The number of nitrogens with zero attached hydrogens (tertiary/aromatic N) is 6. The first-order valence-corrected chi connectivity index (χ1v) is 46.6. The van der Waals surface area contributed by atoms with Crippen molar-refractivity contribution in [2.24, 2.45) is 0 Å². The van der Waals surface area contributed by atoms with E-state index in [1.807, 2.05) is 164 Å². The van der Waals surface area contributed by atoms with Crippen LogP contribution in [0.4, 0.5) is 0 Å². The third-order valence-electron chi connectivity index (χ3n) is 22.5. The number of benzene rings is 18. The second-order valence-electron chi connectivity index (χ2n) is 33.9. The van der Waals surface area contributed by atoms with Crippen LogP contribution in [0.3, 0.4) is 0 Å². The minimum Gasteiger partial charge on any atom is -0.512 e. The molecule has 0 spiro atoms. The molecule has 0 unspecified atom stereocenters. The number of hydrogen-bond donors (Lipinski definition) is 4. The van der Waals surface area contributed by atoms with Gasteiger partial charge in [-0.05, 0) is 175 Å². The number of aromatic nitrogens is 6. The molecule has 4 N–H and O–H groups in total. The van der Waals surface area contributed by atoms with Gasteiger partial charge in [0.1, 0.15) is 11.5 Å². The molecule has 149 heavy (non-hydrogen) atoms. The van der Waals surface area contributed by atoms with Crippen molar-refractivity contribution in [3.05, 3.63) is 484 Å². The van der Waals surface area contributed by atoms with E-state index in [0.717, 1.165) is 116 Å². The Morgan fingerprint density at radius 2 is 0.624 bits per heavy atom. The summed E-state index contributed by atoms with van der Waals surface area (Å²) in [5.74, 6) is 0.372. The molecule has 15 nitrogen and oxygen atoms in total. The molecule has 0 aliphatic carbocycles. The van der Waals surface area contributed by atoms with E-state index >= 15 is 0 Å². The number of aryl methyl sites for hydroxylation is 1. The van der Waals surface area contributed by atoms with Gasteiger partial charge in [-0.25, -0.2) is 0 Å². The Balaban J connectivity index is 0.000000174. The zero-order valence-corrected chi connectivity index (χ0v) is 94.5. The topological polar surface area (TPSA) is 240 Å². The molecule has 6 heterocycles. The Morgan fingerprint density at radius 3 is 1.07 bits per heavy atom. The number of aliphatic hydroxyl groups is 4. The maximum absolute atomic E-state index is 10.0. The van der Waals surface area contributed by atoms with Crippen molar-refractivity contribution in [2.75, 3.05) is 0 Å². The van der Waals surface area contributed by atoms with Crippen LogP contribution in [0, 0.1) is 43.3 Å². The van der Waals surface area contributed by atoms with E-state index < -0.39 is 0 Å². The number of allylic oxidation sites excluding steroid dienone is 8. The summed E-state index contributed by atoms with van der Waals surface area (Å²) in [5.41, 5.74) is 18.1. The standard InChI is InChI=1S/C25H14N.2C19H12N.C17H10N.C16H12N.C13H8NO.4C5H8O2.5Ir/c1-2-7-22-16(4-1)12-15-23(26-22)20-13-10-19-9-8-17-5-3-6-18-11-14-21(20)25(19)24(17)18;2*1-3-9-16-14(6-1)8-5-10-17(16)19-13-12-15-7-2-4-11-18(15)20-19;1-3-7-15-12(5-1)9-10-14-11-13-6-2-4-8-16(13)18-17(14)15;1-12-6-8-14(9-7-12)16-11-10-13-4-2-3-5-15(13)17-16;1-2-6-10(7-3-1)13-14-11-8-4-5-9-12(11)15-13;4*1-4(6)3-5(2)7;;;;;/h1-12,14-15H;2*1-9,11-13H;1-6,8-11H;2-8,10-11H,1H3;1-6,8-9H;4*3,6H,1-2H3;;;;;/q6*-1;;;;;;;;;. The van der Waals surface area contributed by atoms with Crippen LogP contribution in [-0.4, -0.2) is 73.5 Å². The van der Waals surface area contributed by atoms with Crippen molar-refractivity contribution >= 4 is 164 Å². The molecule has 0 aliphatic rings. The first-order valence-electron chi connectivity index (χ1n) is 46.6. The fourth-order valence-electron chi connectivity index (χ4n) is 16.2. The number of carbonyl (C=O) groups is 4. The smallest absolute Gasteiger partial charge is 0.155 e. The van der Waals surface area contributed by atoms with Gasteiger partial charge in [0, 0.05) is 125 Å². The molecule has 24 rings (SSSR count). The summed E-state index contributed by atoms with van der Waals surface area (Å²) in [4.78, 5) is 68.3. The third kappa shape index (κ3) is 31.6. The molecule has 18 aromatic carbocycles. The van der Waals surface area contributed by atoms with Crippen molar-refractivity contribution < 1.29 is 145 Å². The van der Waals surface area contributed by atoms with Crippen LogP contribution < -0.4 is 0 Å². The zero-order chi connectivity index (χ0) is 101. The number of hydrogen-bond acceptors (Lipinski definition) is 15. The molecule has 24 aromatic rings. The first kappa shape index (κ1) is 116. The van der Waals surface area contributed by atoms with Gasteiger partial charge in [0.25, 0.3) is 0 Å². The summed E-state index contributed by atoms with van der Waals surface area (Å²) in [6.07, 6.45) is 4.67. The number of pyridine rings is 5. The number of rotatable bonds is 9. The van der Waals surface area contributed by atoms with E-state index in [2.05, 4.69) is 284 Å². The Bertz CT molecular complexity index is 8540. The number of oxazole rings is 1. The summed E-state index contributed by atoms with van der Waals surface area (Å²) in [6, 6.07) is 154. The van der Waals surface area contributed by atoms with Gasteiger partial charge in [0.05, 0.1) is 56.1 Å². The summed E-state index contributed by atoms with van der Waals surface area (Å²) in [5, 5.41) is 55.2. The average molecular weight is 2840 g/mol. The third-order valence-corrected chi connectivity index (χ3v) is 22.5. The molecule has 751 valence electrons. The molecular formula is C129H100Ir5N6O9-6. The summed E-state index contributed by atoms with van der Waals surface area (Å²) in [6.45, 7) is 13.5. The molecule has 0 saturated heterocycles. The molecule has 6 aromatic heterocycles. The van der Waals surface area contributed by atoms with Gasteiger partial charge in [0.2, 0.25) is 0 Å². The molecular weight excluding hydrogens is 2740 g/mol. The fourth-order valence-corrected chi connectivity index (χ4v) is 16.2. The maximum Gasteiger partial charge on any atom is 0.155 e. The van der Waals surface area contributed by atoms with Crippen molar-refractivity contribution in [3.8, 4) is 56.5 Å². The van der Waals surface area contributed by atoms with Crippen LogP contribution in [0.2, 0.25) is 0 Å². The van der Waals surface area contributed by atoms with Gasteiger partial charge in [0.15, 0.2) is 23.1 Å². The van der Waals surface area contributed by atoms with Crippen molar-refractivity contribution in [2.45, 2.75) is 62.3 Å². The number of carbonyl (C=O) groups excluding carboxylic acids is 4. The maximum atomic E-state index is 10.0. The number of fused-ring (bicyclic) bond motifs is 11. The van der Waals surface area contributed by atoms with E-state index in [1.165, 1.54) is 161 Å². The van der Waals surface area contributed by atoms with Crippen LogP contribution in [0.25, 0.3) is 198 Å². The van der Waals surface area contributed by atoms with E-state index in [1.54, 1.807) is 0 Å². The van der Waals surface area contributed by atoms with Crippen LogP contribution in [0.15, 0.2) is 446 Å². The zero-order valence-electron chi connectivity index (χ0n) is 82.5. The molecule has 0 bridgehead atoms.